The molecule has 33 heavy (non-hydrogen) atoms. The number of para-hydroxylation sites is 1. The first-order valence-electron chi connectivity index (χ1n) is 10.6. The third-order valence-electron chi connectivity index (χ3n) is 5.61. The second kappa shape index (κ2) is 8.85. The van der Waals surface area contributed by atoms with E-state index in [1.54, 1.807) is 30.3 Å². The molecule has 160 valence electrons. The predicted octanol–water partition coefficient (Wildman–Crippen LogP) is 6.17. The molecule has 5 heteroatoms. The first kappa shape index (κ1) is 20.9. The number of aliphatic imine (C=N–C) groups is 1. The van der Waals surface area contributed by atoms with E-state index in [2.05, 4.69) is 4.99 Å². The van der Waals surface area contributed by atoms with Crippen LogP contribution in [0.4, 0.5) is 11.4 Å². The van der Waals surface area contributed by atoms with E-state index in [1.807, 2.05) is 78.9 Å². The van der Waals surface area contributed by atoms with E-state index in [1.165, 1.54) is 4.90 Å². The van der Waals surface area contributed by atoms with Gasteiger partial charge in [-0.25, -0.2) is 9.89 Å². The molecule has 0 atom stereocenters. The van der Waals surface area contributed by atoms with Gasteiger partial charge in [-0.1, -0.05) is 90.5 Å². The first-order valence-corrected chi connectivity index (χ1v) is 10.9. The number of hydrogen-bond acceptors (Lipinski definition) is 3. The highest BCUT2D eigenvalue weighted by Crippen LogP contribution is 2.36. The molecule has 4 nitrogen and oxygen atoms in total. The molecule has 0 spiro atoms. The van der Waals surface area contributed by atoms with Gasteiger partial charge in [-0.3, -0.25) is 9.59 Å². The van der Waals surface area contributed by atoms with Crippen molar-refractivity contribution in [1.29, 1.82) is 0 Å². The Labute approximate surface area is 196 Å². The molecule has 5 rings (SSSR count). The maximum atomic E-state index is 14.0. The van der Waals surface area contributed by atoms with Gasteiger partial charge in [0.05, 0.1) is 17.3 Å². The summed E-state index contributed by atoms with van der Waals surface area (Å²) < 4.78 is 0. The van der Waals surface area contributed by atoms with E-state index >= 15 is 0 Å². The minimum Gasteiger partial charge on any atom is -0.273 e. The molecule has 2 amide bonds. The van der Waals surface area contributed by atoms with Gasteiger partial charge < -0.3 is 0 Å². The molecule has 0 saturated heterocycles. The summed E-state index contributed by atoms with van der Waals surface area (Å²) in [7, 11) is 0. The number of hydrogen-bond donors (Lipinski definition) is 0. The summed E-state index contributed by atoms with van der Waals surface area (Å²) in [5.74, 6) is -1.38. The zero-order valence-corrected chi connectivity index (χ0v) is 18.3. The molecule has 4 aromatic rings. The van der Waals surface area contributed by atoms with E-state index in [4.69, 9.17) is 11.6 Å². The Balaban J connectivity index is 1.61. The Morgan fingerprint density at radius 3 is 1.88 bits per heavy atom. The van der Waals surface area contributed by atoms with E-state index < -0.39 is 11.8 Å². The molecule has 0 bridgehead atoms. The third-order valence-corrected chi connectivity index (χ3v) is 5.86. The van der Waals surface area contributed by atoms with Crippen LogP contribution < -0.4 is 4.90 Å². The van der Waals surface area contributed by atoms with Crippen LogP contribution in [0.15, 0.2) is 114 Å². The fraction of sp³-hybridized carbons (Fsp3) is 0.0357. The Bertz CT molecular complexity index is 1310. The highest BCUT2D eigenvalue weighted by Gasteiger charge is 2.41. The second-order valence-corrected chi connectivity index (χ2v) is 8.12. The van der Waals surface area contributed by atoms with Gasteiger partial charge >= 0.3 is 0 Å². The van der Waals surface area contributed by atoms with Crippen molar-refractivity contribution in [2.75, 3.05) is 4.90 Å². The molecule has 0 fully saturated rings. The van der Waals surface area contributed by atoms with E-state index in [0.717, 1.165) is 11.1 Å². The highest BCUT2D eigenvalue weighted by molar-refractivity contribution is 6.58. The summed E-state index contributed by atoms with van der Waals surface area (Å²) in [6.07, 6.45) is 0. The van der Waals surface area contributed by atoms with Crippen molar-refractivity contribution >= 4 is 40.5 Å². The topological polar surface area (TPSA) is 49.7 Å². The van der Waals surface area contributed by atoms with Gasteiger partial charge in [-0.05, 0) is 41.5 Å². The van der Waals surface area contributed by atoms with Crippen LogP contribution in [-0.2, 0) is 9.59 Å². The predicted molar refractivity (Wildman–Crippen MR) is 131 cm³/mol. The number of amides is 2. The molecule has 4 aromatic carbocycles. The molecule has 0 saturated carbocycles. The summed E-state index contributed by atoms with van der Waals surface area (Å²) in [6, 6.07) is 33.2. The second-order valence-electron chi connectivity index (χ2n) is 7.69. The van der Waals surface area contributed by atoms with Crippen molar-refractivity contribution in [3.8, 4) is 0 Å². The normalized spacial score (nSPS) is 14.1. The number of fused-ring (bicyclic) bond motifs is 1. The molecule has 0 aliphatic carbocycles. The number of carbonyl (C=O) groups excluding carboxylic acids is 2. The number of anilines is 1. The Hall–Kier alpha value is -4.02. The lowest BCUT2D eigenvalue weighted by atomic mass is 9.90. The van der Waals surface area contributed by atoms with Crippen molar-refractivity contribution in [2.24, 2.45) is 4.99 Å². The molecule has 0 aromatic heterocycles. The van der Waals surface area contributed by atoms with Crippen LogP contribution in [0.1, 0.15) is 22.6 Å². The van der Waals surface area contributed by atoms with Gasteiger partial charge in [-0.15, -0.1) is 0 Å². The van der Waals surface area contributed by atoms with Crippen molar-refractivity contribution in [3.63, 3.8) is 0 Å². The average molecular weight is 451 g/mol. The lowest BCUT2D eigenvalue weighted by molar-refractivity contribution is -0.123. The number of carbonyl (C=O) groups is 2. The van der Waals surface area contributed by atoms with E-state index in [-0.39, 0.29) is 11.6 Å². The lowest BCUT2D eigenvalue weighted by Gasteiger charge is -2.23. The summed E-state index contributed by atoms with van der Waals surface area (Å²) in [6.45, 7) is 0. The van der Waals surface area contributed by atoms with Gasteiger partial charge in [0.25, 0.3) is 5.91 Å². The van der Waals surface area contributed by atoms with Crippen molar-refractivity contribution in [1.82, 2.24) is 0 Å². The fourth-order valence-corrected chi connectivity index (χ4v) is 4.19. The number of imide groups is 1. The molecule has 1 aliphatic rings. The SMILES string of the molecule is O=C1C(=Nc2ccc(Cl)cc2)c2ccccc2N1C(=O)C(c1ccccc1)c1ccccc1. The summed E-state index contributed by atoms with van der Waals surface area (Å²) in [5.41, 5.74) is 3.64. The van der Waals surface area contributed by atoms with Crippen LogP contribution in [0.5, 0.6) is 0 Å². The standard InChI is InChI=1S/C28H19ClN2O2/c29-21-15-17-22(18-16-21)30-26-23-13-7-8-14-24(23)31(28(26)33)27(32)25(19-9-3-1-4-10-19)20-11-5-2-6-12-20/h1-18,25H. The lowest BCUT2D eigenvalue weighted by Crippen LogP contribution is -2.39. The Kier molecular flexibility index (Phi) is 5.59. The minimum absolute atomic E-state index is 0.237. The van der Waals surface area contributed by atoms with Crippen LogP contribution in [0.2, 0.25) is 5.02 Å². The van der Waals surface area contributed by atoms with Gasteiger partial charge in [0, 0.05) is 10.6 Å². The molecular formula is C28H19ClN2O2. The monoisotopic (exact) mass is 450 g/mol. The minimum atomic E-state index is -0.626. The molecule has 0 N–H and O–H groups in total. The maximum absolute atomic E-state index is 14.0. The van der Waals surface area contributed by atoms with E-state index in [0.29, 0.717) is 22.0 Å². The smallest absolute Gasteiger partial charge is 0.273 e. The molecule has 0 radical (unpaired) electrons. The van der Waals surface area contributed by atoms with Gasteiger partial charge in [0.2, 0.25) is 5.91 Å². The largest absolute Gasteiger partial charge is 0.284 e. The van der Waals surface area contributed by atoms with Crippen LogP contribution in [0, 0.1) is 0 Å². The fourth-order valence-electron chi connectivity index (χ4n) is 4.07. The molecular weight excluding hydrogens is 432 g/mol. The zero-order chi connectivity index (χ0) is 22.8. The van der Waals surface area contributed by atoms with E-state index in [9.17, 15) is 9.59 Å². The average Bonchev–Trinajstić information content (AvgIpc) is 3.13. The molecule has 1 heterocycles. The maximum Gasteiger partial charge on any atom is 0.284 e. The number of benzene rings is 4. The third kappa shape index (κ3) is 3.97. The quantitative estimate of drug-likeness (QED) is 0.373. The van der Waals surface area contributed by atoms with Gasteiger partial charge in [0.1, 0.15) is 5.71 Å². The van der Waals surface area contributed by atoms with Crippen molar-refractivity contribution in [3.05, 3.63) is 131 Å². The first-order chi connectivity index (χ1) is 16.1. The summed E-state index contributed by atoms with van der Waals surface area (Å²) in [5, 5.41) is 0.586. The number of nitrogens with zero attached hydrogens (tertiary/aromatic N) is 2. The highest BCUT2D eigenvalue weighted by atomic mass is 35.5. The molecule has 1 aliphatic heterocycles. The summed E-state index contributed by atoms with van der Waals surface area (Å²) >= 11 is 5.99. The van der Waals surface area contributed by atoms with Crippen LogP contribution >= 0.6 is 11.6 Å². The zero-order valence-electron chi connectivity index (χ0n) is 17.6. The Morgan fingerprint density at radius 2 is 1.27 bits per heavy atom. The molecule has 0 unspecified atom stereocenters. The number of halogens is 1. The Morgan fingerprint density at radius 1 is 0.727 bits per heavy atom. The van der Waals surface area contributed by atoms with Crippen LogP contribution in [-0.4, -0.2) is 17.5 Å². The van der Waals surface area contributed by atoms with Crippen molar-refractivity contribution in [2.45, 2.75) is 5.92 Å². The van der Waals surface area contributed by atoms with Crippen molar-refractivity contribution < 1.29 is 9.59 Å². The van der Waals surface area contributed by atoms with Crippen LogP contribution in [0.3, 0.4) is 0 Å². The number of rotatable bonds is 4. The van der Waals surface area contributed by atoms with Gasteiger partial charge in [0.15, 0.2) is 0 Å². The summed E-state index contributed by atoms with van der Waals surface area (Å²) in [4.78, 5) is 33.4. The van der Waals surface area contributed by atoms with Crippen LogP contribution in [0.25, 0.3) is 0 Å². The van der Waals surface area contributed by atoms with Gasteiger partial charge in [-0.2, -0.15) is 0 Å².